The summed E-state index contributed by atoms with van der Waals surface area (Å²) in [5, 5.41) is 10.5. The van der Waals surface area contributed by atoms with Crippen molar-refractivity contribution in [1.29, 1.82) is 0 Å². The second kappa shape index (κ2) is 11.5. The van der Waals surface area contributed by atoms with E-state index in [1.165, 1.54) is 0 Å². The van der Waals surface area contributed by atoms with Crippen molar-refractivity contribution in [3.63, 3.8) is 0 Å². The maximum absolute atomic E-state index is 12.9. The molecule has 4 nitrogen and oxygen atoms in total. The lowest BCUT2D eigenvalue weighted by Crippen LogP contribution is -2.28. The number of carboxylic acids is 1. The smallest absolute Gasteiger partial charge is 0.344 e. The molecule has 0 spiro atoms. The number of aryl methyl sites for hydroxylation is 1. The molecule has 1 N–H and O–H groups in total. The van der Waals surface area contributed by atoms with Gasteiger partial charge in [-0.1, -0.05) is 90.5 Å². The molecule has 5 heteroatoms. The normalized spacial score (nSPS) is 11.6. The zero-order valence-electron chi connectivity index (χ0n) is 19.1. The van der Waals surface area contributed by atoms with Gasteiger partial charge in [0.15, 0.2) is 11.9 Å². The van der Waals surface area contributed by atoms with Crippen molar-refractivity contribution >= 4 is 23.4 Å². The molecule has 0 aliphatic heterocycles. The van der Waals surface area contributed by atoms with Gasteiger partial charge >= 0.3 is 5.97 Å². The number of rotatable bonds is 10. The summed E-state index contributed by atoms with van der Waals surface area (Å²) in [6, 6.07) is 31.9. The van der Waals surface area contributed by atoms with Gasteiger partial charge < -0.3 is 9.84 Å². The van der Waals surface area contributed by atoms with Gasteiger partial charge in [-0.05, 0) is 59.4 Å². The highest BCUT2D eigenvalue weighted by Crippen LogP contribution is 2.25. The molecule has 0 amide bonds. The number of ether oxygens (including phenoxy) is 1. The number of para-hydroxylation sites is 1. The Kier molecular flexibility index (Phi) is 7.96. The lowest BCUT2D eigenvalue weighted by molar-refractivity contribution is -0.145. The monoisotopic (exact) mass is 484 g/mol. The van der Waals surface area contributed by atoms with E-state index in [2.05, 4.69) is 0 Å². The number of hydrogen-bond donors (Lipinski definition) is 1. The summed E-state index contributed by atoms with van der Waals surface area (Å²) in [6.07, 6.45) is -0.0510. The molecule has 176 valence electrons. The first-order valence-corrected chi connectivity index (χ1v) is 11.8. The summed E-state index contributed by atoms with van der Waals surface area (Å²) < 4.78 is 5.86. The van der Waals surface area contributed by atoms with Crippen molar-refractivity contribution in [2.75, 3.05) is 0 Å². The van der Waals surface area contributed by atoms with Gasteiger partial charge in [0.1, 0.15) is 5.75 Å². The van der Waals surface area contributed by atoms with Crippen molar-refractivity contribution in [1.82, 2.24) is 0 Å². The van der Waals surface area contributed by atoms with Crippen LogP contribution in [0.15, 0.2) is 103 Å². The first-order chi connectivity index (χ1) is 17.0. The third-order valence-electron chi connectivity index (χ3n) is 5.77. The number of ketones is 1. The number of hydrogen-bond acceptors (Lipinski definition) is 3. The highest BCUT2D eigenvalue weighted by Gasteiger charge is 2.22. The molecule has 0 bridgehead atoms. The van der Waals surface area contributed by atoms with Crippen LogP contribution < -0.4 is 4.74 Å². The van der Waals surface area contributed by atoms with Crippen molar-refractivity contribution in [3.8, 4) is 16.9 Å². The minimum atomic E-state index is -1.07. The molecule has 0 radical (unpaired) electrons. The van der Waals surface area contributed by atoms with Crippen molar-refractivity contribution < 1.29 is 19.4 Å². The van der Waals surface area contributed by atoms with E-state index < -0.39 is 12.1 Å². The molecular weight excluding hydrogens is 460 g/mol. The number of benzene rings is 4. The Balaban J connectivity index is 1.42. The van der Waals surface area contributed by atoms with Gasteiger partial charge in [0.05, 0.1) is 5.56 Å². The van der Waals surface area contributed by atoms with Gasteiger partial charge in [0.25, 0.3) is 0 Å². The third kappa shape index (κ3) is 6.58. The third-order valence-corrected chi connectivity index (χ3v) is 6.02. The number of carbonyl (C=O) groups excluding carboxylic acids is 1. The van der Waals surface area contributed by atoms with E-state index in [4.69, 9.17) is 16.3 Å². The Hall–Kier alpha value is -3.89. The Morgan fingerprint density at radius 3 is 2.00 bits per heavy atom. The van der Waals surface area contributed by atoms with Crippen LogP contribution >= 0.6 is 11.6 Å². The minimum Gasteiger partial charge on any atom is -0.479 e. The molecule has 0 saturated carbocycles. The second-order valence-corrected chi connectivity index (χ2v) is 8.71. The van der Waals surface area contributed by atoms with Gasteiger partial charge in [-0.3, -0.25) is 4.79 Å². The Morgan fingerprint density at radius 2 is 1.34 bits per heavy atom. The van der Waals surface area contributed by atoms with Gasteiger partial charge in [0, 0.05) is 11.4 Å². The average molecular weight is 485 g/mol. The second-order valence-electron chi connectivity index (χ2n) is 8.27. The average Bonchev–Trinajstić information content (AvgIpc) is 2.88. The number of Topliss-reactive ketones (excluding diaryl/α,β-unsaturated/α-hetero) is 1. The van der Waals surface area contributed by atoms with Gasteiger partial charge in [-0.15, -0.1) is 0 Å². The van der Waals surface area contributed by atoms with Gasteiger partial charge in [-0.25, -0.2) is 4.79 Å². The number of carbonyl (C=O) groups is 2. The maximum Gasteiger partial charge on any atom is 0.344 e. The molecule has 0 aliphatic carbocycles. The predicted molar refractivity (Wildman–Crippen MR) is 138 cm³/mol. The molecule has 0 fully saturated rings. The molecule has 0 heterocycles. The molecule has 0 aromatic heterocycles. The first kappa shape index (κ1) is 24.2. The minimum absolute atomic E-state index is 0.117. The van der Waals surface area contributed by atoms with Gasteiger partial charge in [-0.2, -0.15) is 0 Å². The van der Waals surface area contributed by atoms with E-state index >= 15 is 0 Å². The van der Waals surface area contributed by atoms with E-state index in [1.807, 2.05) is 78.9 Å². The summed E-state index contributed by atoms with van der Waals surface area (Å²) >= 11 is 5.96. The van der Waals surface area contributed by atoms with Crippen molar-refractivity contribution in [2.45, 2.75) is 25.4 Å². The van der Waals surface area contributed by atoms with Crippen LogP contribution in [0.2, 0.25) is 5.02 Å². The summed E-state index contributed by atoms with van der Waals surface area (Å²) in [7, 11) is 0. The quantitative estimate of drug-likeness (QED) is 0.249. The molecule has 1 atom stereocenters. The molecule has 35 heavy (non-hydrogen) atoms. The number of carboxylic acid groups (broad SMARTS) is 1. The topological polar surface area (TPSA) is 63.6 Å². The van der Waals surface area contributed by atoms with Crippen molar-refractivity contribution in [3.05, 3.63) is 125 Å². The zero-order valence-corrected chi connectivity index (χ0v) is 19.8. The zero-order chi connectivity index (χ0) is 24.6. The molecule has 1 unspecified atom stereocenters. The van der Waals surface area contributed by atoms with Crippen LogP contribution in [0.1, 0.15) is 27.9 Å². The molecule has 0 aliphatic rings. The largest absolute Gasteiger partial charge is 0.479 e. The van der Waals surface area contributed by atoms with E-state index in [0.29, 0.717) is 22.8 Å². The predicted octanol–water partition coefficient (Wildman–Crippen LogP) is 6.90. The van der Waals surface area contributed by atoms with E-state index in [0.717, 1.165) is 22.3 Å². The number of aliphatic carboxylic acids is 1. The fourth-order valence-electron chi connectivity index (χ4n) is 3.87. The first-order valence-electron chi connectivity index (χ1n) is 11.4. The summed E-state index contributed by atoms with van der Waals surface area (Å²) in [5.74, 6) is -0.888. The molecule has 4 aromatic carbocycles. The molecular formula is C30H25ClO4. The van der Waals surface area contributed by atoms with Gasteiger partial charge in [0.2, 0.25) is 0 Å². The SMILES string of the molecule is O=C(Cc1ccccc1)c1ccccc1OC(CCc1ccc(-c2ccc(Cl)cc2)cc1)C(=O)O. The molecule has 4 rings (SSSR count). The lowest BCUT2D eigenvalue weighted by Gasteiger charge is -2.17. The standard InChI is InChI=1S/C30H25ClO4/c31-25-17-15-24(16-18-25)23-13-10-21(11-14-23)12-19-29(30(33)34)35-28-9-5-4-8-26(28)27(32)20-22-6-2-1-3-7-22/h1-11,13-18,29H,12,19-20H2,(H,33,34). The summed E-state index contributed by atoms with van der Waals surface area (Å²) in [4.78, 5) is 24.8. The Bertz CT molecular complexity index is 1280. The van der Waals surface area contributed by atoms with Crippen LogP contribution in [-0.2, 0) is 17.6 Å². The van der Waals surface area contributed by atoms with E-state index in [-0.39, 0.29) is 18.6 Å². The van der Waals surface area contributed by atoms with Crippen LogP contribution in [0.25, 0.3) is 11.1 Å². The van der Waals surface area contributed by atoms with Crippen LogP contribution in [0.4, 0.5) is 0 Å². The maximum atomic E-state index is 12.9. The molecule has 4 aromatic rings. The van der Waals surface area contributed by atoms with Crippen molar-refractivity contribution in [2.24, 2.45) is 0 Å². The highest BCUT2D eigenvalue weighted by molar-refractivity contribution is 6.30. The van der Waals surface area contributed by atoms with Crippen LogP contribution in [-0.4, -0.2) is 23.0 Å². The van der Waals surface area contributed by atoms with Crippen LogP contribution in [0.3, 0.4) is 0 Å². The van der Waals surface area contributed by atoms with Crippen LogP contribution in [0, 0.1) is 0 Å². The summed E-state index contributed by atoms with van der Waals surface area (Å²) in [5.41, 5.74) is 4.40. The van der Waals surface area contributed by atoms with Crippen LogP contribution in [0.5, 0.6) is 5.75 Å². The lowest BCUT2D eigenvalue weighted by atomic mass is 10.0. The van der Waals surface area contributed by atoms with E-state index in [1.54, 1.807) is 24.3 Å². The highest BCUT2D eigenvalue weighted by atomic mass is 35.5. The fraction of sp³-hybridized carbons (Fsp3) is 0.133. The number of halogens is 1. The fourth-order valence-corrected chi connectivity index (χ4v) is 3.99. The summed E-state index contributed by atoms with van der Waals surface area (Å²) in [6.45, 7) is 0. The Morgan fingerprint density at radius 1 is 0.743 bits per heavy atom. The van der Waals surface area contributed by atoms with E-state index in [9.17, 15) is 14.7 Å². The molecule has 0 saturated heterocycles. The Labute approximate surface area is 209 Å².